The van der Waals surface area contributed by atoms with Gasteiger partial charge in [-0.05, 0) is 53.7 Å². The molecule has 0 aliphatic carbocycles. The van der Waals surface area contributed by atoms with Gasteiger partial charge in [-0.3, -0.25) is 0 Å². The van der Waals surface area contributed by atoms with Crippen molar-refractivity contribution in [2.45, 2.75) is 12.4 Å². The van der Waals surface area contributed by atoms with Crippen LogP contribution in [0, 0.1) is 35.8 Å². The Kier molecular flexibility index (Phi) is 7.61. The summed E-state index contributed by atoms with van der Waals surface area (Å²) in [7, 11) is 0. The molecule has 188 valence electrons. The van der Waals surface area contributed by atoms with Crippen molar-refractivity contribution in [3.63, 3.8) is 0 Å². The SMILES string of the molecule is [C-]#[N+]C(C#N)=c1cc(Oc2cccc(C(F)(F)F)c2)c(=C(C#N)[N+]#[C-])c(Oc2cccc(C(F)(F)F)c2)c1. The summed E-state index contributed by atoms with van der Waals surface area (Å²) in [6.45, 7) is 14.6. The van der Waals surface area contributed by atoms with Gasteiger partial charge in [0.25, 0.3) is 11.4 Å². The number of halogens is 6. The predicted molar refractivity (Wildman–Crippen MR) is 120 cm³/mol. The van der Waals surface area contributed by atoms with E-state index in [0.717, 1.165) is 48.5 Å². The van der Waals surface area contributed by atoms with Crippen molar-refractivity contribution in [1.29, 1.82) is 10.5 Å². The molecule has 0 heterocycles. The van der Waals surface area contributed by atoms with Gasteiger partial charge in [-0.2, -0.15) is 26.3 Å². The van der Waals surface area contributed by atoms with Gasteiger partial charge in [0.1, 0.15) is 23.0 Å². The molecule has 6 nitrogen and oxygen atoms in total. The maximum atomic E-state index is 13.2. The van der Waals surface area contributed by atoms with E-state index in [2.05, 4.69) is 9.69 Å². The maximum absolute atomic E-state index is 13.2. The van der Waals surface area contributed by atoms with E-state index < -0.39 is 51.6 Å². The minimum absolute atomic E-state index is 0.183. The Balaban J connectivity index is 2.36. The van der Waals surface area contributed by atoms with Crippen LogP contribution < -0.4 is 19.9 Å². The summed E-state index contributed by atoms with van der Waals surface area (Å²) in [6.07, 6.45) is -9.46. The van der Waals surface area contributed by atoms with Crippen molar-refractivity contribution < 1.29 is 35.8 Å². The van der Waals surface area contributed by atoms with E-state index in [1.54, 1.807) is 12.1 Å². The van der Waals surface area contributed by atoms with E-state index >= 15 is 0 Å². The zero-order chi connectivity index (χ0) is 28.1. The molecule has 0 N–H and O–H groups in total. The van der Waals surface area contributed by atoms with E-state index in [4.69, 9.17) is 22.6 Å². The van der Waals surface area contributed by atoms with Crippen LogP contribution in [0.4, 0.5) is 26.3 Å². The highest BCUT2D eigenvalue weighted by molar-refractivity contribution is 5.72. The van der Waals surface area contributed by atoms with Crippen LogP contribution >= 0.6 is 0 Å². The third-order valence-electron chi connectivity index (χ3n) is 4.79. The van der Waals surface area contributed by atoms with Crippen LogP contribution in [-0.4, -0.2) is 0 Å². The Bertz CT molecular complexity index is 1580. The van der Waals surface area contributed by atoms with Crippen molar-refractivity contribution in [3.05, 3.63) is 105 Å². The van der Waals surface area contributed by atoms with Crippen LogP contribution in [0.3, 0.4) is 0 Å². The molecule has 0 radical (unpaired) electrons. The van der Waals surface area contributed by atoms with Crippen LogP contribution in [0.25, 0.3) is 21.1 Å². The Morgan fingerprint density at radius 2 is 1.11 bits per heavy atom. The molecule has 0 atom stereocenters. The van der Waals surface area contributed by atoms with E-state index in [0.29, 0.717) is 12.1 Å². The van der Waals surface area contributed by atoms with Gasteiger partial charge in [0, 0.05) is 0 Å². The van der Waals surface area contributed by atoms with Gasteiger partial charge >= 0.3 is 12.4 Å². The molecule has 0 unspecified atom stereocenters. The summed E-state index contributed by atoms with van der Waals surface area (Å²) in [5.74, 6) is -1.67. The predicted octanol–water partition coefficient (Wildman–Crippen LogP) is 6.41. The van der Waals surface area contributed by atoms with Crippen LogP contribution in [-0.2, 0) is 12.4 Å². The lowest BCUT2D eigenvalue weighted by Gasteiger charge is -2.15. The number of alkyl halides is 6. The topological polar surface area (TPSA) is 74.8 Å². The lowest BCUT2D eigenvalue weighted by atomic mass is 10.1. The molecule has 0 saturated heterocycles. The standard InChI is InChI=1S/C26H10F6N4O2/c1-35-20(13-33)15-9-22(37-18-7-3-5-16(11-18)25(27,28)29)24(21(14-34)36-2)23(10-15)38-19-8-4-6-17(12-19)26(30,31)32/h3-12H. The summed E-state index contributed by atoms with van der Waals surface area (Å²) in [5.41, 5.74) is -3.36. The molecule has 3 aromatic rings. The van der Waals surface area contributed by atoms with Crippen molar-refractivity contribution in [2.24, 2.45) is 0 Å². The van der Waals surface area contributed by atoms with E-state index in [1.165, 1.54) is 0 Å². The number of hydrogen-bond donors (Lipinski definition) is 0. The molecule has 0 spiro atoms. The molecule has 12 heteroatoms. The van der Waals surface area contributed by atoms with Gasteiger partial charge in [-0.1, -0.05) is 12.1 Å². The third kappa shape index (κ3) is 6.02. The molecule has 0 aliphatic heterocycles. The van der Waals surface area contributed by atoms with Gasteiger partial charge in [0.05, 0.1) is 41.6 Å². The lowest BCUT2D eigenvalue weighted by Crippen LogP contribution is -2.18. The molecule has 38 heavy (non-hydrogen) atoms. The number of rotatable bonds is 4. The minimum atomic E-state index is -4.73. The molecule has 0 aromatic heterocycles. The first-order chi connectivity index (χ1) is 17.9. The van der Waals surface area contributed by atoms with E-state index in [9.17, 15) is 36.9 Å². The summed E-state index contributed by atoms with van der Waals surface area (Å²) in [4.78, 5) is 6.11. The first-order valence-electron chi connectivity index (χ1n) is 10.1. The van der Waals surface area contributed by atoms with Gasteiger partial charge < -0.3 is 9.47 Å². The Morgan fingerprint density at radius 3 is 1.45 bits per heavy atom. The number of benzene rings is 3. The first kappa shape index (κ1) is 27.1. The number of ether oxygens (including phenoxy) is 2. The van der Waals surface area contributed by atoms with Gasteiger partial charge in [-0.25, -0.2) is 20.2 Å². The second-order valence-electron chi connectivity index (χ2n) is 7.25. The molecule has 0 saturated carbocycles. The van der Waals surface area contributed by atoms with Crippen LogP contribution in [0.1, 0.15) is 11.1 Å². The fraction of sp³-hybridized carbons (Fsp3) is 0.0769. The Morgan fingerprint density at radius 1 is 0.684 bits per heavy atom. The van der Waals surface area contributed by atoms with Crippen LogP contribution in [0.15, 0.2) is 60.7 Å². The van der Waals surface area contributed by atoms with Crippen LogP contribution in [0.5, 0.6) is 23.0 Å². The lowest BCUT2D eigenvalue weighted by molar-refractivity contribution is -0.138. The fourth-order valence-electron chi connectivity index (χ4n) is 3.14. The van der Waals surface area contributed by atoms with Crippen molar-refractivity contribution in [2.75, 3.05) is 0 Å². The summed E-state index contributed by atoms with van der Waals surface area (Å²) in [6, 6.07) is 12.5. The van der Waals surface area contributed by atoms with Gasteiger partial charge in [0.2, 0.25) is 0 Å². The van der Waals surface area contributed by atoms with E-state index in [1.807, 2.05) is 0 Å². The highest BCUT2D eigenvalue weighted by Gasteiger charge is 2.31. The fourth-order valence-corrected chi connectivity index (χ4v) is 3.14. The average molecular weight is 524 g/mol. The molecular formula is C26H10F6N4O2. The molecule has 0 fully saturated rings. The third-order valence-corrected chi connectivity index (χ3v) is 4.79. The highest BCUT2D eigenvalue weighted by atomic mass is 19.4. The Labute approximate surface area is 210 Å². The summed E-state index contributed by atoms with van der Waals surface area (Å²) >= 11 is 0. The van der Waals surface area contributed by atoms with E-state index in [-0.39, 0.29) is 16.7 Å². The number of nitriles is 2. The smallest absolute Gasteiger partial charge is 0.416 e. The van der Waals surface area contributed by atoms with Crippen molar-refractivity contribution in [3.8, 4) is 35.1 Å². The molecule has 0 aliphatic rings. The maximum Gasteiger partial charge on any atom is 0.416 e. The second-order valence-corrected chi connectivity index (χ2v) is 7.25. The summed E-state index contributed by atoms with van der Waals surface area (Å²) < 4.78 is 90.3. The highest BCUT2D eigenvalue weighted by Crippen LogP contribution is 2.34. The zero-order valence-electron chi connectivity index (χ0n) is 18.6. The van der Waals surface area contributed by atoms with Crippen LogP contribution in [0.2, 0.25) is 0 Å². The van der Waals surface area contributed by atoms with Crippen molar-refractivity contribution in [1.82, 2.24) is 0 Å². The Hall–Kier alpha value is -5.46. The van der Waals surface area contributed by atoms with Crippen molar-refractivity contribution >= 4 is 11.4 Å². The molecular weight excluding hydrogens is 514 g/mol. The first-order valence-corrected chi connectivity index (χ1v) is 10.1. The molecule has 0 bridgehead atoms. The minimum Gasteiger partial charge on any atom is -0.458 e. The number of nitrogens with zero attached hydrogens (tertiary/aromatic N) is 4. The number of hydrogen-bond acceptors (Lipinski definition) is 4. The van der Waals surface area contributed by atoms with Gasteiger partial charge in [-0.15, -0.1) is 0 Å². The average Bonchev–Trinajstić information content (AvgIpc) is 2.86. The summed E-state index contributed by atoms with van der Waals surface area (Å²) in [5, 5.41) is 18.2. The monoisotopic (exact) mass is 524 g/mol. The second kappa shape index (κ2) is 10.7. The normalized spacial score (nSPS) is 10.8. The molecule has 3 aromatic carbocycles. The largest absolute Gasteiger partial charge is 0.458 e. The van der Waals surface area contributed by atoms with Gasteiger partial charge in [0.15, 0.2) is 0 Å². The zero-order valence-corrected chi connectivity index (χ0v) is 18.6. The molecule has 0 amide bonds. The molecule has 3 rings (SSSR count). The quantitative estimate of drug-likeness (QED) is 0.292.